The Morgan fingerprint density at radius 3 is 2.70 bits per heavy atom. The molecule has 0 spiro atoms. The van der Waals surface area contributed by atoms with Crippen LogP contribution in [0.4, 0.5) is 13.2 Å². The molecule has 3 aliphatic carbocycles. The summed E-state index contributed by atoms with van der Waals surface area (Å²) in [6, 6.07) is 0. The minimum atomic E-state index is -5.81. The van der Waals surface area contributed by atoms with Crippen molar-refractivity contribution in [1.29, 1.82) is 0 Å². The molecule has 1 heterocycles. The van der Waals surface area contributed by atoms with Crippen LogP contribution in [0.1, 0.15) is 12.8 Å². The summed E-state index contributed by atoms with van der Waals surface area (Å²) in [7, 11) is -5.81. The summed E-state index contributed by atoms with van der Waals surface area (Å²) in [4.78, 5) is 11.7. The Hall–Kier alpha value is -0.870. The van der Waals surface area contributed by atoms with Gasteiger partial charge in [0.05, 0.1) is 18.6 Å². The van der Waals surface area contributed by atoms with Crippen LogP contribution in [0.5, 0.6) is 0 Å². The van der Waals surface area contributed by atoms with E-state index < -0.39 is 46.8 Å². The Bertz CT molecular complexity index is 652. The van der Waals surface area contributed by atoms with Crippen LogP contribution in [0.3, 0.4) is 0 Å². The molecule has 130 valence electrons. The lowest BCUT2D eigenvalue weighted by Crippen LogP contribution is -2.40. The molecule has 3 saturated carbocycles. The van der Waals surface area contributed by atoms with Gasteiger partial charge in [-0.3, -0.25) is 9.35 Å². The van der Waals surface area contributed by atoms with Crippen molar-refractivity contribution >= 4 is 16.1 Å². The van der Waals surface area contributed by atoms with Crippen molar-refractivity contribution in [2.75, 3.05) is 6.61 Å². The molecule has 1 aliphatic heterocycles. The quantitative estimate of drug-likeness (QED) is 0.565. The number of hydrogen-bond donors (Lipinski definition) is 1. The first-order valence-corrected chi connectivity index (χ1v) is 8.89. The summed E-state index contributed by atoms with van der Waals surface area (Å²) in [5.74, 6) is 0.733. The average molecular weight is 356 g/mol. The van der Waals surface area contributed by atoms with Gasteiger partial charge in [0.15, 0.2) is 6.17 Å². The molecule has 8 unspecified atom stereocenters. The largest absolute Gasteiger partial charge is 0.459 e. The molecular weight excluding hydrogens is 341 g/mol. The zero-order valence-electron chi connectivity index (χ0n) is 11.8. The van der Waals surface area contributed by atoms with Crippen LogP contribution in [0, 0.1) is 29.6 Å². The lowest BCUT2D eigenvalue weighted by atomic mass is 9.94. The van der Waals surface area contributed by atoms with Crippen molar-refractivity contribution < 1.29 is 40.4 Å². The monoisotopic (exact) mass is 356 g/mol. The average Bonchev–Trinajstić information content (AvgIpc) is 2.74. The van der Waals surface area contributed by atoms with Crippen LogP contribution in [0.15, 0.2) is 0 Å². The maximum Gasteiger partial charge on any atom is 0.400 e. The number of hydrogen-bond acceptors (Lipinski definition) is 5. The minimum Gasteiger partial charge on any atom is -0.459 e. The summed E-state index contributed by atoms with van der Waals surface area (Å²) in [5, 5.41) is -4.86. The van der Waals surface area contributed by atoms with Crippen LogP contribution >= 0.6 is 0 Å². The van der Waals surface area contributed by atoms with Gasteiger partial charge in [0.25, 0.3) is 0 Å². The minimum absolute atomic E-state index is 0.0994. The zero-order valence-corrected chi connectivity index (χ0v) is 12.6. The van der Waals surface area contributed by atoms with Gasteiger partial charge < -0.3 is 9.47 Å². The van der Waals surface area contributed by atoms with Crippen LogP contribution < -0.4 is 0 Å². The second-order valence-corrected chi connectivity index (χ2v) is 8.26. The Kier molecular flexibility index (Phi) is 3.13. The van der Waals surface area contributed by atoms with E-state index in [1.165, 1.54) is 0 Å². The zero-order chi connectivity index (χ0) is 16.7. The first kappa shape index (κ1) is 15.6. The van der Waals surface area contributed by atoms with Crippen molar-refractivity contribution in [1.82, 2.24) is 0 Å². The smallest absolute Gasteiger partial charge is 0.400 e. The lowest BCUT2D eigenvalue weighted by molar-refractivity contribution is -0.152. The van der Waals surface area contributed by atoms with Gasteiger partial charge >= 0.3 is 21.3 Å². The predicted octanol–water partition coefficient (Wildman–Crippen LogP) is 1.02. The summed E-state index contributed by atoms with van der Waals surface area (Å²) < 4.78 is 79.7. The van der Waals surface area contributed by atoms with E-state index in [0.29, 0.717) is 11.8 Å². The van der Waals surface area contributed by atoms with Crippen molar-refractivity contribution in [2.45, 2.75) is 36.5 Å². The van der Waals surface area contributed by atoms with Gasteiger partial charge in [-0.2, -0.15) is 17.2 Å². The Labute approximate surface area is 130 Å². The van der Waals surface area contributed by atoms with Crippen LogP contribution in [-0.2, 0) is 24.4 Å². The Balaban J connectivity index is 1.36. The fraction of sp³-hybridized carbons (Fsp3) is 0.923. The van der Waals surface area contributed by atoms with Crippen molar-refractivity contribution in [2.24, 2.45) is 29.6 Å². The summed E-state index contributed by atoms with van der Waals surface area (Å²) in [6.07, 6.45) is -4.01. The van der Waals surface area contributed by atoms with Crippen molar-refractivity contribution in [3.63, 3.8) is 0 Å². The SMILES string of the molecule is O=C1OC2C(OCCC(F)C(F)(F)S(=O)(=O)O)C3C4CC1C2C43. The molecular formula is C13H15F3O6S. The molecule has 0 bridgehead atoms. The predicted molar refractivity (Wildman–Crippen MR) is 67.7 cm³/mol. The Morgan fingerprint density at radius 1 is 1.35 bits per heavy atom. The molecule has 4 fully saturated rings. The van der Waals surface area contributed by atoms with Gasteiger partial charge in [-0.05, 0) is 24.2 Å². The van der Waals surface area contributed by atoms with E-state index >= 15 is 0 Å². The van der Waals surface area contributed by atoms with Gasteiger partial charge in [0.1, 0.15) is 6.10 Å². The van der Waals surface area contributed by atoms with E-state index in [0.717, 1.165) is 6.42 Å². The van der Waals surface area contributed by atoms with E-state index in [2.05, 4.69) is 0 Å². The first-order valence-electron chi connectivity index (χ1n) is 7.45. The second kappa shape index (κ2) is 4.60. The van der Waals surface area contributed by atoms with E-state index in [9.17, 15) is 26.4 Å². The van der Waals surface area contributed by atoms with Crippen LogP contribution in [-0.4, -0.2) is 49.2 Å². The molecule has 0 aromatic rings. The third-order valence-corrected chi connectivity index (χ3v) is 6.70. The van der Waals surface area contributed by atoms with Gasteiger partial charge in [-0.25, -0.2) is 4.39 Å². The van der Waals surface area contributed by atoms with E-state index in [1.54, 1.807) is 0 Å². The molecule has 4 rings (SSSR count). The fourth-order valence-corrected chi connectivity index (χ4v) is 5.26. The van der Waals surface area contributed by atoms with E-state index in [-0.39, 0.29) is 23.7 Å². The normalized spacial score (nSPS) is 45.0. The highest BCUT2D eigenvalue weighted by molar-refractivity contribution is 7.86. The maximum atomic E-state index is 13.4. The number of fused-ring (bicyclic) bond motifs is 1. The number of ether oxygens (including phenoxy) is 2. The molecule has 0 radical (unpaired) electrons. The number of esters is 1. The number of alkyl halides is 3. The van der Waals surface area contributed by atoms with Crippen LogP contribution in [0.25, 0.3) is 0 Å². The van der Waals surface area contributed by atoms with Gasteiger partial charge in [-0.15, -0.1) is 0 Å². The molecule has 4 aliphatic rings. The summed E-state index contributed by atoms with van der Waals surface area (Å²) in [5.41, 5.74) is 0. The third-order valence-electron chi connectivity index (χ3n) is 5.76. The standard InChI is InChI=1S/C13H15F3O6S/c14-6(13(15,16)23(18,19)20)1-2-21-10-8-4-3-5-9(7(4)8)11(10)22-12(5)17/h4-11H,1-3H2,(H,18,19,20). The molecule has 10 heteroatoms. The highest BCUT2D eigenvalue weighted by Gasteiger charge is 2.78. The maximum absolute atomic E-state index is 13.4. The number of rotatable bonds is 6. The molecule has 0 amide bonds. The van der Waals surface area contributed by atoms with Crippen molar-refractivity contribution in [3.8, 4) is 0 Å². The summed E-state index contributed by atoms with van der Waals surface area (Å²) in [6.45, 7) is -0.432. The van der Waals surface area contributed by atoms with Crippen LogP contribution in [0.2, 0.25) is 0 Å². The number of carbonyl (C=O) groups is 1. The fourth-order valence-electron chi connectivity index (χ4n) is 4.82. The molecule has 1 N–H and O–H groups in total. The molecule has 0 aromatic carbocycles. The van der Waals surface area contributed by atoms with Gasteiger partial charge in [0.2, 0.25) is 0 Å². The van der Waals surface area contributed by atoms with Gasteiger partial charge in [-0.1, -0.05) is 0 Å². The molecule has 0 aromatic heterocycles. The molecule has 23 heavy (non-hydrogen) atoms. The van der Waals surface area contributed by atoms with E-state index in [1.807, 2.05) is 0 Å². The lowest BCUT2D eigenvalue weighted by Gasteiger charge is -2.23. The summed E-state index contributed by atoms with van der Waals surface area (Å²) >= 11 is 0. The molecule has 8 atom stereocenters. The number of halogens is 3. The highest BCUT2D eigenvalue weighted by atomic mass is 32.2. The topological polar surface area (TPSA) is 89.9 Å². The Morgan fingerprint density at radius 2 is 2.04 bits per heavy atom. The van der Waals surface area contributed by atoms with Crippen molar-refractivity contribution in [3.05, 3.63) is 0 Å². The second-order valence-electron chi connectivity index (χ2n) is 6.77. The highest BCUT2D eigenvalue weighted by Crippen LogP contribution is 2.73. The molecule has 6 nitrogen and oxygen atoms in total. The number of carbonyl (C=O) groups excluding carboxylic acids is 1. The van der Waals surface area contributed by atoms with E-state index in [4.69, 9.17) is 14.0 Å². The molecule has 1 saturated heterocycles. The third kappa shape index (κ3) is 2.00. The first-order chi connectivity index (χ1) is 10.6. The van der Waals surface area contributed by atoms with Gasteiger partial charge in [0, 0.05) is 12.3 Å².